The van der Waals surface area contributed by atoms with E-state index in [-0.39, 0.29) is 37.1 Å². The predicted octanol–water partition coefficient (Wildman–Crippen LogP) is 4.23. The van der Waals surface area contributed by atoms with Crippen molar-refractivity contribution in [2.24, 2.45) is 5.92 Å². The van der Waals surface area contributed by atoms with Crippen LogP contribution in [0.1, 0.15) is 50.2 Å². The van der Waals surface area contributed by atoms with Gasteiger partial charge in [-0.1, -0.05) is 74.5 Å². The number of amides is 2. The van der Waals surface area contributed by atoms with Crippen molar-refractivity contribution >= 4 is 33.7 Å². The van der Waals surface area contributed by atoms with Crippen LogP contribution in [0.2, 0.25) is 0 Å². The third-order valence-electron chi connectivity index (χ3n) is 7.98. The molecule has 0 heterocycles. The number of carbonyl (C=O) groups is 3. The highest BCUT2D eigenvalue weighted by atomic mass is 32.2. The number of esters is 1. The van der Waals surface area contributed by atoms with E-state index in [1.165, 1.54) is 35.7 Å². The fourth-order valence-electron chi connectivity index (χ4n) is 5.59. The van der Waals surface area contributed by atoms with E-state index in [0.29, 0.717) is 24.9 Å². The maximum absolute atomic E-state index is 13.9. The molecule has 3 aromatic rings. The summed E-state index contributed by atoms with van der Waals surface area (Å²) in [6.45, 7) is 4.25. The first kappa shape index (κ1) is 40.0. The summed E-state index contributed by atoms with van der Waals surface area (Å²) in [5, 5.41) is 5.68. The van der Waals surface area contributed by atoms with Crippen molar-refractivity contribution < 1.29 is 32.3 Å². The molecule has 12 nitrogen and oxygen atoms in total. The smallest absolute Gasteiger partial charge is 0.407 e. The van der Waals surface area contributed by atoms with Gasteiger partial charge in [0.2, 0.25) is 15.9 Å². The van der Waals surface area contributed by atoms with E-state index >= 15 is 0 Å². The van der Waals surface area contributed by atoms with E-state index in [4.69, 9.17) is 15.2 Å². The van der Waals surface area contributed by atoms with Gasteiger partial charge in [-0.2, -0.15) is 4.31 Å². The fraction of sp³-hybridized carbons (Fsp3) is 0.432. The Morgan fingerprint density at radius 2 is 1.44 bits per heavy atom. The molecule has 0 aliphatic carbocycles. The molecule has 3 rings (SSSR count). The van der Waals surface area contributed by atoms with Gasteiger partial charge in [-0.15, -0.1) is 0 Å². The Morgan fingerprint density at radius 3 is 1.96 bits per heavy atom. The molecule has 50 heavy (non-hydrogen) atoms. The van der Waals surface area contributed by atoms with Crippen LogP contribution in [-0.2, 0) is 29.1 Å². The van der Waals surface area contributed by atoms with Crippen molar-refractivity contribution in [1.29, 1.82) is 0 Å². The third kappa shape index (κ3) is 12.1. The number of alkyl carbamates (subject to hydrolysis) is 1. The quantitative estimate of drug-likeness (QED) is 0.0941. The van der Waals surface area contributed by atoms with E-state index in [0.717, 1.165) is 11.1 Å². The van der Waals surface area contributed by atoms with E-state index in [2.05, 4.69) is 10.6 Å². The van der Waals surface area contributed by atoms with Crippen molar-refractivity contribution in [1.82, 2.24) is 19.8 Å². The highest BCUT2D eigenvalue weighted by Gasteiger charge is 2.34. The van der Waals surface area contributed by atoms with E-state index < -0.39 is 46.0 Å². The first-order valence-electron chi connectivity index (χ1n) is 16.7. The minimum absolute atomic E-state index is 0.0146. The Morgan fingerprint density at radius 1 is 0.860 bits per heavy atom. The van der Waals surface area contributed by atoms with Crippen LogP contribution in [0.4, 0.5) is 10.5 Å². The maximum Gasteiger partial charge on any atom is 0.407 e. The molecule has 272 valence electrons. The Labute approximate surface area is 296 Å². The van der Waals surface area contributed by atoms with Crippen molar-refractivity contribution in [3.05, 3.63) is 96.1 Å². The second-order valence-corrected chi connectivity index (χ2v) is 14.7. The molecular weight excluding hydrogens is 659 g/mol. The van der Waals surface area contributed by atoms with Gasteiger partial charge in [0.1, 0.15) is 12.6 Å². The van der Waals surface area contributed by atoms with Crippen molar-refractivity contribution in [2.45, 2.75) is 56.0 Å². The highest BCUT2D eigenvalue weighted by Crippen LogP contribution is 2.29. The molecule has 3 aromatic carbocycles. The molecule has 2 amide bonds. The molecule has 0 aliphatic heterocycles. The number of hydrogen-bond donors (Lipinski definition) is 3. The van der Waals surface area contributed by atoms with Gasteiger partial charge in [0.05, 0.1) is 24.6 Å². The van der Waals surface area contributed by atoms with Crippen LogP contribution >= 0.6 is 0 Å². The number of unbranched alkanes of at least 4 members (excludes halogenated alkanes) is 1. The molecule has 0 aromatic heterocycles. The lowest BCUT2D eigenvalue weighted by Crippen LogP contribution is -2.50. The molecule has 0 fully saturated rings. The lowest BCUT2D eigenvalue weighted by molar-refractivity contribution is -0.145. The van der Waals surface area contributed by atoms with Gasteiger partial charge in [0.25, 0.3) is 0 Å². The SMILES string of the molecule is COC(=O)N[C@H](C(=O)NCCCC[C@@H](COC(=O)CN(C)C)N(CC(C)C)S(=O)(=O)c1ccc(N)cc1)C(c1ccccc1)c1ccccc1. The molecule has 0 radical (unpaired) electrons. The van der Waals surface area contributed by atoms with Gasteiger partial charge in [0, 0.05) is 24.7 Å². The second kappa shape index (κ2) is 19.7. The van der Waals surface area contributed by atoms with Crippen LogP contribution in [0.25, 0.3) is 0 Å². The van der Waals surface area contributed by atoms with Crippen molar-refractivity contribution in [3.63, 3.8) is 0 Å². The van der Waals surface area contributed by atoms with E-state index in [1.807, 2.05) is 74.5 Å². The molecule has 0 aliphatic rings. The van der Waals surface area contributed by atoms with Crippen LogP contribution < -0.4 is 16.4 Å². The number of nitrogens with one attached hydrogen (secondary N) is 2. The zero-order valence-corrected chi connectivity index (χ0v) is 30.4. The van der Waals surface area contributed by atoms with Crippen LogP contribution in [-0.4, -0.2) is 95.1 Å². The molecular formula is C37H51N5O7S. The van der Waals surface area contributed by atoms with Crippen LogP contribution in [0.5, 0.6) is 0 Å². The summed E-state index contributed by atoms with van der Waals surface area (Å²) in [6, 6.07) is 23.3. The van der Waals surface area contributed by atoms with Crippen LogP contribution in [0, 0.1) is 5.92 Å². The Balaban J connectivity index is 1.78. The number of methoxy groups -OCH3 is 1. The largest absolute Gasteiger partial charge is 0.463 e. The minimum Gasteiger partial charge on any atom is -0.463 e. The molecule has 0 saturated carbocycles. The van der Waals surface area contributed by atoms with Crippen LogP contribution in [0.3, 0.4) is 0 Å². The van der Waals surface area contributed by atoms with Gasteiger partial charge >= 0.3 is 12.1 Å². The van der Waals surface area contributed by atoms with Gasteiger partial charge in [0.15, 0.2) is 0 Å². The number of rotatable bonds is 19. The molecule has 0 unspecified atom stereocenters. The number of ether oxygens (including phenoxy) is 2. The first-order valence-corrected chi connectivity index (χ1v) is 18.2. The van der Waals surface area contributed by atoms with E-state index in [1.54, 1.807) is 19.0 Å². The van der Waals surface area contributed by atoms with Crippen molar-refractivity contribution in [2.75, 3.05) is 53.2 Å². The maximum atomic E-state index is 13.9. The Hall–Kier alpha value is -4.46. The average Bonchev–Trinajstić information content (AvgIpc) is 3.08. The number of sulfonamides is 1. The molecule has 4 N–H and O–H groups in total. The summed E-state index contributed by atoms with van der Waals surface area (Å²) >= 11 is 0. The molecule has 0 spiro atoms. The number of nitrogens with zero attached hydrogens (tertiary/aromatic N) is 2. The van der Waals surface area contributed by atoms with Gasteiger partial charge in [-0.05, 0) is 74.7 Å². The molecule has 2 atom stereocenters. The number of benzene rings is 3. The van der Waals surface area contributed by atoms with E-state index in [9.17, 15) is 22.8 Å². The zero-order chi connectivity index (χ0) is 36.7. The normalized spacial score (nSPS) is 12.9. The Bertz CT molecular complexity index is 1560. The second-order valence-electron chi connectivity index (χ2n) is 12.8. The topological polar surface area (TPSA) is 160 Å². The standard InChI is InChI=1S/C37H51N5O7S/c1-27(2)24-42(50(46,47)32-21-19-30(38)20-22-32)31(26-49-33(43)25-41(3)4)18-12-13-23-39-36(44)35(40-37(45)48-5)34(28-14-8-6-9-15-28)29-16-10-7-11-17-29/h6-11,14-17,19-22,27,31,34-35H,12-13,18,23-26,38H2,1-5H3,(H,39,44)(H,40,45)/t31-,35-/m0/s1. The van der Waals surface area contributed by atoms with Gasteiger partial charge < -0.3 is 25.8 Å². The van der Waals surface area contributed by atoms with Crippen LogP contribution in [0.15, 0.2) is 89.8 Å². The summed E-state index contributed by atoms with van der Waals surface area (Å²) in [5.41, 5.74) is 7.95. The number of likely N-dealkylation sites (N-methyl/N-ethyl adjacent to an activating group) is 1. The van der Waals surface area contributed by atoms with Gasteiger partial charge in [-0.3, -0.25) is 14.5 Å². The van der Waals surface area contributed by atoms with Crippen molar-refractivity contribution in [3.8, 4) is 0 Å². The predicted molar refractivity (Wildman–Crippen MR) is 194 cm³/mol. The number of nitrogen functional groups attached to an aromatic ring is 1. The summed E-state index contributed by atoms with van der Waals surface area (Å²) in [7, 11) is 0.766. The zero-order valence-electron chi connectivity index (χ0n) is 29.6. The minimum atomic E-state index is -3.97. The lowest BCUT2D eigenvalue weighted by atomic mass is 9.84. The Kier molecular flexibility index (Phi) is 15.7. The number of hydrogen-bond acceptors (Lipinski definition) is 9. The monoisotopic (exact) mass is 709 g/mol. The highest BCUT2D eigenvalue weighted by molar-refractivity contribution is 7.89. The summed E-state index contributed by atoms with van der Waals surface area (Å²) < 4.78 is 39.7. The number of nitrogens with two attached hydrogens (primary N) is 1. The summed E-state index contributed by atoms with van der Waals surface area (Å²) in [5.74, 6) is -1.37. The first-order chi connectivity index (χ1) is 23.8. The fourth-order valence-corrected chi connectivity index (χ4v) is 7.40. The molecule has 13 heteroatoms. The molecule has 0 saturated heterocycles. The summed E-state index contributed by atoms with van der Waals surface area (Å²) in [4.78, 5) is 40.5. The molecule has 0 bridgehead atoms. The van der Waals surface area contributed by atoms with Gasteiger partial charge in [-0.25, -0.2) is 13.2 Å². The third-order valence-corrected chi connectivity index (χ3v) is 9.91. The number of carbonyl (C=O) groups excluding carboxylic acids is 3. The summed E-state index contributed by atoms with van der Waals surface area (Å²) in [6.07, 6.45) is 0.642. The average molecular weight is 710 g/mol. The number of anilines is 1. The lowest BCUT2D eigenvalue weighted by Gasteiger charge is -2.32.